The summed E-state index contributed by atoms with van der Waals surface area (Å²) >= 11 is 11.9. The molecule has 2 N–H and O–H groups in total. The molecular formula is C13H19Cl2NO2. The second-order valence-corrected chi connectivity index (χ2v) is 5.15. The molecule has 0 aliphatic rings. The van der Waals surface area contributed by atoms with Gasteiger partial charge in [0, 0.05) is 28.7 Å². The van der Waals surface area contributed by atoms with E-state index in [-0.39, 0.29) is 6.10 Å². The summed E-state index contributed by atoms with van der Waals surface area (Å²) in [5.74, 6) is 0. The maximum absolute atomic E-state index is 9.99. The molecule has 0 spiro atoms. The van der Waals surface area contributed by atoms with E-state index in [9.17, 15) is 5.11 Å². The van der Waals surface area contributed by atoms with E-state index in [1.165, 1.54) is 0 Å². The van der Waals surface area contributed by atoms with Gasteiger partial charge in [-0.1, -0.05) is 23.2 Å². The average Bonchev–Trinajstić information content (AvgIpc) is 2.31. The third kappa shape index (κ3) is 5.55. The zero-order valence-electron chi connectivity index (χ0n) is 10.6. The number of hydrogen-bond acceptors (Lipinski definition) is 3. The predicted octanol–water partition coefficient (Wildman–Crippen LogP) is 3.04. The van der Waals surface area contributed by atoms with E-state index in [0.29, 0.717) is 35.3 Å². The van der Waals surface area contributed by atoms with Gasteiger partial charge in [0.15, 0.2) is 0 Å². The molecule has 0 aliphatic carbocycles. The Morgan fingerprint density at radius 1 is 1.33 bits per heavy atom. The summed E-state index contributed by atoms with van der Waals surface area (Å²) in [4.78, 5) is 0. The van der Waals surface area contributed by atoms with Crippen LogP contribution in [0.1, 0.15) is 25.5 Å². The van der Waals surface area contributed by atoms with Crippen LogP contribution >= 0.6 is 23.2 Å². The molecule has 0 amide bonds. The van der Waals surface area contributed by atoms with E-state index in [1.807, 2.05) is 13.8 Å². The van der Waals surface area contributed by atoms with Crippen molar-refractivity contribution >= 4 is 23.2 Å². The monoisotopic (exact) mass is 291 g/mol. The molecule has 0 saturated carbocycles. The third-order valence-corrected chi connectivity index (χ3v) is 2.96. The lowest BCUT2D eigenvalue weighted by Gasteiger charge is -2.14. The average molecular weight is 292 g/mol. The van der Waals surface area contributed by atoms with Crippen molar-refractivity contribution in [1.82, 2.24) is 5.32 Å². The Morgan fingerprint density at radius 3 is 2.72 bits per heavy atom. The number of halogens is 2. The first-order valence-electron chi connectivity index (χ1n) is 5.96. The van der Waals surface area contributed by atoms with Crippen LogP contribution in [0.2, 0.25) is 10.0 Å². The van der Waals surface area contributed by atoms with Crippen LogP contribution in [0.25, 0.3) is 0 Å². The van der Waals surface area contributed by atoms with Crippen molar-refractivity contribution in [2.75, 3.05) is 19.7 Å². The summed E-state index contributed by atoms with van der Waals surface area (Å²) in [6.45, 7) is 5.70. The molecule has 0 heterocycles. The lowest BCUT2D eigenvalue weighted by atomic mass is 10.1. The van der Waals surface area contributed by atoms with Gasteiger partial charge in [0.05, 0.1) is 18.8 Å². The van der Waals surface area contributed by atoms with Crippen LogP contribution in [0.4, 0.5) is 0 Å². The van der Waals surface area contributed by atoms with Crippen LogP contribution in [0.3, 0.4) is 0 Å². The Kier molecular flexibility index (Phi) is 6.97. The highest BCUT2D eigenvalue weighted by Gasteiger charge is 2.11. The van der Waals surface area contributed by atoms with Gasteiger partial charge in [-0.3, -0.25) is 0 Å². The van der Waals surface area contributed by atoms with Gasteiger partial charge in [-0.15, -0.1) is 0 Å². The second-order valence-electron chi connectivity index (χ2n) is 4.31. The first-order valence-corrected chi connectivity index (χ1v) is 6.71. The van der Waals surface area contributed by atoms with Crippen molar-refractivity contribution in [1.29, 1.82) is 0 Å². The van der Waals surface area contributed by atoms with Gasteiger partial charge in [-0.25, -0.2) is 0 Å². The number of aliphatic hydroxyl groups is 1. The molecule has 0 aromatic heterocycles. The van der Waals surface area contributed by atoms with E-state index < -0.39 is 6.10 Å². The molecule has 3 nitrogen and oxygen atoms in total. The molecule has 5 heteroatoms. The standard InChI is InChI=1S/C13H19Cl2NO2/c1-9(2)18-6-5-16-8-13(17)11-7-10(14)3-4-12(11)15/h3-4,7,9,13,16-17H,5-6,8H2,1-2H3. The van der Waals surface area contributed by atoms with Crippen molar-refractivity contribution in [2.45, 2.75) is 26.1 Å². The van der Waals surface area contributed by atoms with E-state index in [4.69, 9.17) is 27.9 Å². The molecule has 18 heavy (non-hydrogen) atoms. The number of nitrogens with one attached hydrogen (secondary N) is 1. The summed E-state index contributed by atoms with van der Waals surface area (Å²) in [7, 11) is 0. The highest BCUT2D eigenvalue weighted by molar-refractivity contribution is 6.33. The zero-order valence-corrected chi connectivity index (χ0v) is 12.1. The summed E-state index contributed by atoms with van der Waals surface area (Å²) in [6.07, 6.45) is -0.450. The molecule has 0 saturated heterocycles. The lowest BCUT2D eigenvalue weighted by molar-refractivity contribution is 0.0781. The van der Waals surface area contributed by atoms with E-state index in [1.54, 1.807) is 18.2 Å². The molecule has 1 unspecified atom stereocenters. The fourth-order valence-corrected chi connectivity index (χ4v) is 1.91. The van der Waals surface area contributed by atoms with Gasteiger partial charge in [0.25, 0.3) is 0 Å². The van der Waals surface area contributed by atoms with Crippen molar-refractivity contribution < 1.29 is 9.84 Å². The van der Waals surface area contributed by atoms with Crippen LogP contribution in [0, 0.1) is 0 Å². The highest BCUT2D eigenvalue weighted by Crippen LogP contribution is 2.25. The number of hydrogen-bond donors (Lipinski definition) is 2. The Bertz CT molecular complexity index is 372. The molecule has 0 aliphatic heterocycles. The Hall–Kier alpha value is -0.320. The molecule has 1 aromatic carbocycles. The SMILES string of the molecule is CC(C)OCCNCC(O)c1cc(Cl)ccc1Cl. The van der Waals surface area contributed by atoms with Crippen LogP contribution < -0.4 is 5.32 Å². The van der Waals surface area contributed by atoms with Gasteiger partial charge in [0.1, 0.15) is 0 Å². The molecule has 0 radical (unpaired) electrons. The summed E-state index contributed by atoms with van der Waals surface area (Å²) in [6, 6.07) is 5.06. The molecule has 0 fully saturated rings. The largest absolute Gasteiger partial charge is 0.387 e. The van der Waals surface area contributed by atoms with Gasteiger partial charge in [-0.2, -0.15) is 0 Å². The van der Waals surface area contributed by atoms with Crippen molar-refractivity contribution in [3.8, 4) is 0 Å². The third-order valence-electron chi connectivity index (χ3n) is 2.38. The van der Waals surface area contributed by atoms with Crippen LogP contribution in [-0.4, -0.2) is 30.9 Å². The van der Waals surface area contributed by atoms with Crippen LogP contribution in [-0.2, 0) is 4.74 Å². The van der Waals surface area contributed by atoms with Crippen molar-refractivity contribution in [3.63, 3.8) is 0 Å². The fraction of sp³-hybridized carbons (Fsp3) is 0.538. The summed E-state index contributed by atoms with van der Waals surface area (Å²) < 4.78 is 5.38. The van der Waals surface area contributed by atoms with E-state index in [2.05, 4.69) is 5.32 Å². The minimum atomic E-state index is -0.671. The normalized spacial score (nSPS) is 13.0. The maximum atomic E-state index is 9.99. The van der Waals surface area contributed by atoms with Gasteiger partial charge in [-0.05, 0) is 32.0 Å². The summed E-state index contributed by atoms with van der Waals surface area (Å²) in [5.41, 5.74) is 0.640. The molecule has 0 bridgehead atoms. The highest BCUT2D eigenvalue weighted by atomic mass is 35.5. The smallest absolute Gasteiger partial charge is 0.0929 e. The Balaban J connectivity index is 2.36. The predicted molar refractivity (Wildman–Crippen MR) is 75.4 cm³/mol. The van der Waals surface area contributed by atoms with E-state index >= 15 is 0 Å². The zero-order chi connectivity index (χ0) is 13.5. The number of ether oxygens (including phenoxy) is 1. The number of benzene rings is 1. The lowest BCUT2D eigenvalue weighted by Crippen LogP contribution is -2.26. The Labute approximate surface area is 118 Å². The quantitative estimate of drug-likeness (QED) is 0.759. The molecule has 1 aromatic rings. The molecule has 102 valence electrons. The van der Waals surface area contributed by atoms with Gasteiger partial charge >= 0.3 is 0 Å². The molecule has 1 atom stereocenters. The first-order chi connectivity index (χ1) is 8.50. The van der Waals surface area contributed by atoms with Crippen molar-refractivity contribution in [3.05, 3.63) is 33.8 Å². The van der Waals surface area contributed by atoms with Gasteiger partial charge in [0.2, 0.25) is 0 Å². The summed E-state index contributed by atoms with van der Waals surface area (Å²) in [5, 5.41) is 14.2. The van der Waals surface area contributed by atoms with Crippen LogP contribution in [0.15, 0.2) is 18.2 Å². The van der Waals surface area contributed by atoms with Crippen LogP contribution in [0.5, 0.6) is 0 Å². The number of rotatable bonds is 7. The molecule has 1 rings (SSSR count). The minimum absolute atomic E-state index is 0.221. The number of aliphatic hydroxyl groups excluding tert-OH is 1. The van der Waals surface area contributed by atoms with Gasteiger partial charge < -0.3 is 15.2 Å². The first kappa shape index (κ1) is 15.7. The Morgan fingerprint density at radius 2 is 2.06 bits per heavy atom. The second kappa shape index (κ2) is 7.97. The topological polar surface area (TPSA) is 41.5 Å². The van der Waals surface area contributed by atoms with E-state index in [0.717, 1.165) is 0 Å². The minimum Gasteiger partial charge on any atom is -0.387 e. The maximum Gasteiger partial charge on any atom is 0.0929 e. The van der Waals surface area contributed by atoms with Crippen molar-refractivity contribution in [2.24, 2.45) is 0 Å². The molecular weight excluding hydrogens is 273 g/mol. The fourth-order valence-electron chi connectivity index (χ4n) is 1.49.